The van der Waals surface area contributed by atoms with Gasteiger partial charge in [-0.15, -0.1) is 0 Å². The van der Waals surface area contributed by atoms with Crippen LogP contribution >= 0.6 is 23.2 Å². The lowest BCUT2D eigenvalue weighted by Crippen LogP contribution is -2.46. The molecule has 3 aliphatic rings. The standard InChI is InChI=1S/C24H33Cl2NO5/c1-22(2,29)19-6-7-23(3,32-19)20-13-24(15-31-20)8-10-27(11-9-24)21(28)14-30-16-4-5-17(25)18(26)12-16/h4-5,12,19-20,29H,6-11,13-15H2,1-3H3/t19-,20-,23-/m1/s1. The summed E-state index contributed by atoms with van der Waals surface area (Å²) >= 11 is 11.9. The molecule has 32 heavy (non-hydrogen) atoms. The second-order valence-electron chi connectivity index (χ2n) is 10.4. The summed E-state index contributed by atoms with van der Waals surface area (Å²) in [6.07, 6.45) is 4.34. The van der Waals surface area contributed by atoms with E-state index in [9.17, 15) is 9.90 Å². The third-order valence-electron chi connectivity index (χ3n) is 7.42. The normalized spacial score (nSPS) is 30.1. The number of amides is 1. The maximum atomic E-state index is 12.6. The summed E-state index contributed by atoms with van der Waals surface area (Å²) in [5.74, 6) is 0.503. The fraction of sp³-hybridized carbons (Fsp3) is 0.708. The first-order valence-corrected chi connectivity index (χ1v) is 12.1. The van der Waals surface area contributed by atoms with Gasteiger partial charge in [-0.2, -0.15) is 0 Å². The van der Waals surface area contributed by atoms with Gasteiger partial charge < -0.3 is 24.2 Å². The molecule has 0 radical (unpaired) electrons. The first-order valence-electron chi connectivity index (χ1n) is 11.4. The molecule has 1 aromatic carbocycles. The number of nitrogens with zero attached hydrogens (tertiary/aromatic N) is 1. The van der Waals surface area contributed by atoms with Crippen molar-refractivity contribution in [3.8, 4) is 5.75 Å². The highest BCUT2D eigenvalue weighted by molar-refractivity contribution is 6.42. The van der Waals surface area contributed by atoms with E-state index >= 15 is 0 Å². The van der Waals surface area contributed by atoms with Gasteiger partial charge in [-0.3, -0.25) is 4.79 Å². The monoisotopic (exact) mass is 485 g/mol. The molecule has 0 bridgehead atoms. The molecule has 3 aliphatic heterocycles. The van der Waals surface area contributed by atoms with Crippen LogP contribution in [0.4, 0.5) is 0 Å². The summed E-state index contributed by atoms with van der Waals surface area (Å²) < 4.78 is 18.2. The third-order valence-corrected chi connectivity index (χ3v) is 8.16. The van der Waals surface area contributed by atoms with E-state index in [0.717, 1.165) is 32.1 Å². The predicted molar refractivity (Wildman–Crippen MR) is 123 cm³/mol. The number of benzene rings is 1. The molecule has 1 spiro atoms. The van der Waals surface area contributed by atoms with Crippen molar-refractivity contribution >= 4 is 29.1 Å². The number of hydrogen-bond acceptors (Lipinski definition) is 5. The highest BCUT2D eigenvalue weighted by Crippen LogP contribution is 2.49. The second-order valence-corrected chi connectivity index (χ2v) is 11.2. The van der Waals surface area contributed by atoms with Gasteiger partial charge in [-0.05, 0) is 70.4 Å². The second kappa shape index (κ2) is 8.95. The summed E-state index contributed by atoms with van der Waals surface area (Å²) in [4.78, 5) is 14.5. The summed E-state index contributed by atoms with van der Waals surface area (Å²) in [5, 5.41) is 11.2. The summed E-state index contributed by atoms with van der Waals surface area (Å²) in [7, 11) is 0. The van der Waals surface area contributed by atoms with Crippen LogP contribution < -0.4 is 4.74 Å². The number of carbonyl (C=O) groups excluding carboxylic acids is 1. The Balaban J connectivity index is 1.27. The zero-order valence-corrected chi connectivity index (χ0v) is 20.5. The van der Waals surface area contributed by atoms with Gasteiger partial charge in [0.1, 0.15) is 5.75 Å². The quantitative estimate of drug-likeness (QED) is 0.665. The maximum absolute atomic E-state index is 12.6. The Morgan fingerprint density at radius 1 is 1.25 bits per heavy atom. The van der Waals surface area contributed by atoms with Gasteiger partial charge in [0.25, 0.3) is 5.91 Å². The van der Waals surface area contributed by atoms with Crippen LogP contribution in [0.3, 0.4) is 0 Å². The van der Waals surface area contributed by atoms with Crippen molar-refractivity contribution in [3.63, 3.8) is 0 Å². The molecule has 6 nitrogen and oxygen atoms in total. The average Bonchev–Trinajstić information content (AvgIpc) is 3.35. The van der Waals surface area contributed by atoms with E-state index in [2.05, 4.69) is 6.92 Å². The topological polar surface area (TPSA) is 68.2 Å². The fourth-order valence-corrected chi connectivity index (χ4v) is 5.45. The zero-order chi connectivity index (χ0) is 23.1. The van der Waals surface area contributed by atoms with Gasteiger partial charge in [0.2, 0.25) is 0 Å². The number of aliphatic hydroxyl groups is 1. The van der Waals surface area contributed by atoms with E-state index < -0.39 is 5.60 Å². The first kappa shape index (κ1) is 24.1. The van der Waals surface area contributed by atoms with Gasteiger partial charge in [-0.25, -0.2) is 0 Å². The molecule has 0 saturated carbocycles. The zero-order valence-electron chi connectivity index (χ0n) is 19.0. The number of rotatable bonds is 5. The Hall–Kier alpha value is -1.05. The van der Waals surface area contributed by atoms with Gasteiger partial charge in [0.05, 0.1) is 40.1 Å². The molecular formula is C24H33Cl2NO5. The van der Waals surface area contributed by atoms with E-state index in [0.29, 0.717) is 35.5 Å². The largest absolute Gasteiger partial charge is 0.484 e. The molecule has 1 N–H and O–H groups in total. The number of carbonyl (C=O) groups is 1. The number of piperidine rings is 1. The van der Waals surface area contributed by atoms with Crippen LogP contribution in [-0.2, 0) is 14.3 Å². The van der Waals surface area contributed by atoms with Crippen LogP contribution in [0, 0.1) is 5.41 Å². The SMILES string of the molecule is CC(C)(O)[C@H]1CC[C@](C)([C@H]2CC3(CCN(C(=O)COc4ccc(Cl)c(Cl)c4)CC3)CO2)O1. The molecule has 178 valence electrons. The first-order chi connectivity index (χ1) is 15.0. The van der Waals surface area contributed by atoms with Crippen molar-refractivity contribution in [1.82, 2.24) is 4.90 Å². The maximum Gasteiger partial charge on any atom is 0.260 e. The molecule has 1 amide bonds. The van der Waals surface area contributed by atoms with E-state index in [1.807, 2.05) is 4.90 Å². The van der Waals surface area contributed by atoms with Gasteiger partial charge in [0.15, 0.2) is 6.61 Å². The van der Waals surface area contributed by atoms with Crippen LogP contribution in [-0.4, -0.2) is 65.6 Å². The molecule has 4 rings (SSSR count). The molecule has 0 aliphatic carbocycles. The summed E-state index contributed by atoms with van der Waals surface area (Å²) in [6.45, 7) is 7.80. The molecule has 3 heterocycles. The molecular weight excluding hydrogens is 453 g/mol. The minimum Gasteiger partial charge on any atom is -0.484 e. The van der Waals surface area contributed by atoms with Crippen molar-refractivity contribution in [3.05, 3.63) is 28.2 Å². The lowest BCUT2D eigenvalue weighted by Gasteiger charge is -2.39. The van der Waals surface area contributed by atoms with Crippen LogP contribution in [0.5, 0.6) is 5.75 Å². The van der Waals surface area contributed by atoms with Gasteiger partial charge >= 0.3 is 0 Å². The van der Waals surface area contributed by atoms with E-state index in [-0.39, 0.29) is 35.7 Å². The van der Waals surface area contributed by atoms with Gasteiger partial charge in [-0.1, -0.05) is 23.2 Å². The molecule has 0 aromatic heterocycles. The lowest BCUT2D eigenvalue weighted by atomic mass is 9.74. The van der Waals surface area contributed by atoms with Crippen molar-refractivity contribution in [2.75, 3.05) is 26.3 Å². The van der Waals surface area contributed by atoms with Crippen LogP contribution in [0.25, 0.3) is 0 Å². The molecule has 8 heteroatoms. The van der Waals surface area contributed by atoms with E-state index in [1.165, 1.54) is 0 Å². The minimum atomic E-state index is -0.848. The van der Waals surface area contributed by atoms with Gasteiger partial charge in [0, 0.05) is 19.2 Å². The summed E-state index contributed by atoms with van der Waals surface area (Å²) in [5.41, 5.74) is -1.13. The molecule has 3 saturated heterocycles. The minimum absolute atomic E-state index is 0.0195. The van der Waals surface area contributed by atoms with Crippen LogP contribution in [0.1, 0.15) is 52.9 Å². The van der Waals surface area contributed by atoms with Crippen molar-refractivity contribution in [1.29, 1.82) is 0 Å². The molecule has 3 atom stereocenters. The third kappa shape index (κ3) is 5.05. The van der Waals surface area contributed by atoms with Crippen LogP contribution in [0.15, 0.2) is 18.2 Å². The number of hydrogen-bond donors (Lipinski definition) is 1. The molecule has 3 fully saturated rings. The Labute approximate surface area is 200 Å². The fourth-order valence-electron chi connectivity index (χ4n) is 5.16. The average molecular weight is 486 g/mol. The van der Waals surface area contributed by atoms with Crippen molar-refractivity contribution in [2.24, 2.45) is 5.41 Å². The molecule has 0 unspecified atom stereocenters. The van der Waals surface area contributed by atoms with Crippen molar-refractivity contribution < 1.29 is 24.1 Å². The number of likely N-dealkylation sites (tertiary alicyclic amines) is 1. The highest BCUT2D eigenvalue weighted by Gasteiger charge is 2.53. The summed E-state index contributed by atoms with van der Waals surface area (Å²) in [6, 6.07) is 4.98. The predicted octanol–water partition coefficient (Wildman–Crippen LogP) is 4.48. The van der Waals surface area contributed by atoms with Crippen LogP contribution in [0.2, 0.25) is 10.0 Å². The number of halogens is 2. The van der Waals surface area contributed by atoms with Crippen molar-refractivity contribution in [2.45, 2.75) is 76.3 Å². The Bertz CT molecular complexity index is 849. The van der Waals surface area contributed by atoms with E-state index in [1.54, 1.807) is 32.0 Å². The molecule has 1 aromatic rings. The Kier molecular flexibility index (Phi) is 6.74. The number of ether oxygens (including phenoxy) is 3. The van der Waals surface area contributed by atoms with E-state index in [4.69, 9.17) is 37.4 Å². The highest BCUT2D eigenvalue weighted by atomic mass is 35.5. The smallest absolute Gasteiger partial charge is 0.260 e. The Morgan fingerprint density at radius 2 is 1.97 bits per heavy atom. The lowest BCUT2D eigenvalue weighted by molar-refractivity contribution is -0.155. The Morgan fingerprint density at radius 3 is 2.59 bits per heavy atom.